The molecule has 4 nitrogen and oxygen atoms in total. The highest BCUT2D eigenvalue weighted by molar-refractivity contribution is 5.96. The zero-order valence-corrected chi connectivity index (χ0v) is 19.5. The van der Waals surface area contributed by atoms with Crippen molar-refractivity contribution in [1.82, 2.24) is 5.32 Å². The molecule has 0 unspecified atom stereocenters. The predicted octanol–water partition coefficient (Wildman–Crippen LogP) is 5.74. The van der Waals surface area contributed by atoms with Crippen LogP contribution in [0.15, 0.2) is 66.7 Å². The van der Waals surface area contributed by atoms with Crippen molar-refractivity contribution in [2.45, 2.75) is 46.6 Å². The Hall–Kier alpha value is -3.40. The topological polar surface area (TPSA) is 55.4 Å². The van der Waals surface area contributed by atoms with Gasteiger partial charge in [0.15, 0.2) is 0 Å². The summed E-state index contributed by atoms with van der Waals surface area (Å²) in [7, 11) is 0. The third-order valence-corrected chi connectivity index (χ3v) is 5.59. The van der Waals surface area contributed by atoms with Gasteiger partial charge in [-0.1, -0.05) is 75.4 Å². The van der Waals surface area contributed by atoms with E-state index in [1.54, 1.807) is 12.1 Å². The molecule has 0 aliphatic heterocycles. The van der Waals surface area contributed by atoms with Gasteiger partial charge < -0.3 is 10.1 Å². The zero-order valence-electron chi connectivity index (χ0n) is 19.5. The average Bonchev–Trinajstić information content (AvgIpc) is 2.77. The first-order chi connectivity index (χ1) is 15.1. The number of benzene rings is 3. The quantitative estimate of drug-likeness (QED) is 0.508. The van der Waals surface area contributed by atoms with Crippen LogP contribution in [0.5, 0.6) is 0 Å². The zero-order chi connectivity index (χ0) is 23.3. The molecular formula is C28H31NO3. The highest BCUT2D eigenvalue weighted by atomic mass is 16.5. The molecular weight excluding hydrogens is 398 g/mol. The lowest BCUT2D eigenvalue weighted by Gasteiger charge is -2.22. The number of hydrogen-bond donors (Lipinski definition) is 1. The maximum atomic E-state index is 12.4. The van der Waals surface area contributed by atoms with Crippen molar-refractivity contribution in [3.05, 3.63) is 94.5 Å². The Morgan fingerprint density at radius 1 is 0.844 bits per heavy atom. The van der Waals surface area contributed by atoms with E-state index in [-0.39, 0.29) is 24.5 Å². The summed E-state index contributed by atoms with van der Waals surface area (Å²) >= 11 is 0. The molecule has 0 radical (unpaired) electrons. The van der Waals surface area contributed by atoms with E-state index >= 15 is 0 Å². The fraction of sp³-hybridized carbons (Fsp3) is 0.286. The van der Waals surface area contributed by atoms with E-state index < -0.39 is 5.97 Å². The number of aryl methyl sites for hydroxylation is 2. The summed E-state index contributed by atoms with van der Waals surface area (Å²) in [5.41, 5.74) is 7.16. The van der Waals surface area contributed by atoms with E-state index in [0.717, 1.165) is 27.8 Å². The van der Waals surface area contributed by atoms with Crippen LogP contribution in [-0.4, -0.2) is 18.4 Å². The summed E-state index contributed by atoms with van der Waals surface area (Å²) < 4.78 is 5.42. The Kier molecular flexibility index (Phi) is 7.14. The Morgan fingerprint density at radius 2 is 1.41 bits per heavy atom. The second kappa shape index (κ2) is 9.82. The van der Waals surface area contributed by atoms with Crippen molar-refractivity contribution >= 4 is 11.9 Å². The second-order valence-electron chi connectivity index (χ2n) is 9.13. The molecule has 0 aliphatic carbocycles. The Labute approximate surface area is 190 Å². The smallest absolute Gasteiger partial charge is 0.325 e. The molecule has 0 saturated heterocycles. The number of carbonyl (C=O) groups excluding carboxylic acids is 2. The molecule has 1 amide bonds. The fourth-order valence-corrected chi connectivity index (χ4v) is 3.56. The molecule has 4 heteroatoms. The Balaban J connectivity index is 1.53. The van der Waals surface area contributed by atoms with Crippen molar-refractivity contribution in [1.29, 1.82) is 0 Å². The van der Waals surface area contributed by atoms with Crippen molar-refractivity contribution in [3.8, 4) is 11.1 Å². The summed E-state index contributed by atoms with van der Waals surface area (Å²) in [6, 6.07) is 21.6. The Bertz CT molecular complexity index is 1070. The van der Waals surface area contributed by atoms with Gasteiger partial charge in [-0.3, -0.25) is 9.59 Å². The first kappa shape index (κ1) is 23.3. The van der Waals surface area contributed by atoms with Crippen molar-refractivity contribution in [2.24, 2.45) is 0 Å². The third-order valence-electron chi connectivity index (χ3n) is 5.59. The predicted molar refractivity (Wildman–Crippen MR) is 129 cm³/mol. The van der Waals surface area contributed by atoms with Crippen LogP contribution in [-0.2, 0) is 21.6 Å². The van der Waals surface area contributed by atoms with E-state index in [1.165, 1.54) is 5.56 Å². The Morgan fingerprint density at radius 3 is 1.97 bits per heavy atom. The summed E-state index contributed by atoms with van der Waals surface area (Å²) in [5, 5.41) is 2.64. The highest BCUT2D eigenvalue weighted by Crippen LogP contribution is 2.27. The van der Waals surface area contributed by atoms with E-state index in [0.29, 0.717) is 5.56 Å². The third kappa shape index (κ3) is 5.85. The molecule has 0 spiro atoms. The second-order valence-corrected chi connectivity index (χ2v) is 9.13. The SMILES string of the molecule is Cc1cc(C(C)(C)C)cc(C)c1COC(=O)CNC(=O)c1ccc(-c2ccccc2)cc1. The molecule has 0 heterocycles. The van der Waals surface area contributed by atoms with Gasteiger partial charge in [0.05, 0.1) is 0 Å². The van der Waals surface area contributed by atoms with E-state index in [9.17, 15) is 9.59 Å². The summed E-state index contributed by atoms with van der Waals surface area (Å²) in [6.07, 6.45) is 0. The molecule has 0 fully saturated rings. The number of rotatable bonds is 6. The fourth-order valence-electron chi connectivity index (χ4n) is 3.56. The normalized spacial score (nSPS) is 11.2. The maximum absolute atomic E-state index is 12.4. The van der Waals surface area contributed by atoms with Gasteiger partial charge in [0.2, 0.25) is 0 Å². The van der Waals surface area contributed by atoms with E-state index in [4.69, 9.17) is 4.74 Å². The van der Waals surface area contributed by atoms with Crippen LogP contribution in [0.2, 0.25) is 0 Å². The van der Waals surface area contributed by atoms with Gasteiger partial charge in [-0.15, -0.1) is 0 Å². The van der Waals surface area contributed by atoms with E-state index in [2.05, 4.69) is 38.2 Å². The van der Waals surface area contributed by atoms with Crippen LogP contribution in [0.25, 0.3) is 11.1 Å². The monoisotopic (exact) mass is 429 g/mol. The number of esters is 1. The number of hydrogen-bond acceptors (Lipinski definition) is 3. The van der Waals surface area contributed by atoms with Crippen LogP contribution in [0.4, 0.5) is 0 Å². The molecule has 0 aromatic heterocycles. The van der Waals surface area contributed by atoms with Crippen LogP contribution in [0.3, 0.4) is 0 Å². The number of nitrogens with one attached hydrogen (secondary N) is 1. The number of carbonyl (C=O) groups is 2. The summed E-state index contributed by atoms with van der Waals surface area (Å²) in [5.74, 6) is -0.763. The molecule has 32 heavy (non-hydrogen) atoms. The molecule has 3 rings (SSSR count). The minimum atomic E-state index is -0.460. The molecule has 1 N–H and O–H groups in total. The lowest BCUT2D eigenvalue weighted by molar-refractivity contribution is -0.143. The van der Waals surface area contributed by atoms with Crippen LogP contribution in [0, 0.1) is 13.8 Å². The molecule has 0 bridgehead atoms. The van der Waals surface area contributed by atoms with Crippen LogP contribution in [0.1, 0.15) is 53.4 Å². The lowest BCUT2D eigenvalue weighted by atomic mass is 9.84. The average molecular weight is 430 g/mol. The summed E-state index contributed by atoms with van der Waals surface area (Å²) in [4.78, 5) is 24.6. The first-order valence-electron chi connectivity index (χ1n) is 10.8. The molecule has 0 aliphatic rings. The van der Waals surface area contributed by atoms with Crippen molar-refractivity contribution in [2.75, 3.05) is 6.54 Å². The van der Waals surface area contributed by atoms with Crippen LogP contribution >= 0.6 is 0 Å². The molecule has 3 aromatic rings. The maximum Gasteiger partial charge on any atom is 0.325 e. The van der Waals surface area contributed by atoms with Gasteiger partial charge in [0, 0.05) is 5.56 Å². The van der Waals surface area contributed by atoms with Crippen molar-refractivity contribution < 1.29 is 14.3 Å². The minimum Gasteiger partial charge on any atom is -0.459 e. The standard InChI is InChI=1S/C28H31NO3/c1-19-15-24(28(3,4)5)16-20(2)25(19)18-32-26(30)17-29-27(31)23-13-11-22(12-14-23)21-9-7-6-8-10-21/h6-16H,17-18H2,1-5H3,(H,29,31). The molecule has 3 aromatic carbocycles. The van der Waals surface area contributed by atoms with Crippen LogP contribution < -0.4 is 5.32 Å². The number of amides is 1. The minimum absolute atomic E-state index is 0.0638. The summed E-state index contributed by atoms with van der Waals surface area (Å²) in [6.45, 7) is 10.6. The lowest BCUT2D eigenvalue weighted by Crippen LogP contribution is -2.30. The van der Waals surface area contributed by atoms with E-state index in [1.807, 2.05) is 56.3 Å². The molecule has 0 saturated carbocycles. The first-order valence-corrected chi connectivity index (χ1v) is 10.8. The molecule has 166 valence electrons. The van der Waals surface area contributed by atoms with Gasteiger partial charge in [-0.25, -0.2) is 0 Å². The number of ether oxygens (including phenoxy) is 1. The van der Waals surface area contributed by atoms with Crippen molar-refractivity contribution in [3.63, 3.8) is 0 Å². The largest absolute Gasteiger partial charge is 0.459 e. The van der Waals surface area contributed by atoms with Gasteiger partial charge in [0.1, 0.15) is 13.2 Å². The van der Waals surface area contributed by atoms with Gasteiger partial charge in [-0.05, 0) is 64.8 Å². The highest BCUT2D eigenvalue weighted by Gasteiger charge is 2.17. The molecule has 0 atom stereocenters. The van der Waals surface area contributed by atoms with Gasteiger partial charge in [-0.2, -0.15) is 0 Å². The van der Waals surface area contributed by atoms with Gasteiger partial charge in [0.25, 0.3) is 5.91 Å². The van der Waals surface area contributed by atoms with Gasteiger partial charge >= 0.3 is 5.97 Å².